The zero-order chi connectivity index (χ0) is 21.3. The predicted molar refractivity (Wildman–Crippen MR) is 107 cm³/mol. The maximum absolute atomic E-state index is 13.1. The number of halogens is 3. The second-order valence-corrected chi connectivity index (χ2v) is 8.03. The first-order valence-corrected chi connectivity index (χ1v) is 10.4. The molecule has 164 valence electrons. The molecule has 2 aromatic rings. The smallest absolute Gasteiger partial charge is 0.381 e. The Balaban J connectivity index is 1.44. The Morgan fingerprint density at radius 3 is 2.57 bits per heavy atom. The molecule has 0 amide bonds. The Labute approximate surface area is 173 Å². The largest absolute Gasteiger partial charge is 0.421 e. The van der Waals surface area contributed by atoms with Crippen molar-refractivity contribution in [2.24, 2.45) is 11.8 Å². The number of aromatic nitrogens is 4. The second kappa shape index (κ2) is 8.41. The maximum atomic E-state index is 13.1. The molecule has 0 aromatic carbocycles. The first-order chi connectivity index (χ1) is 14.4. The Bertz CT molecular complexity index is 872. The lowest BCUT2D eigenvalue weighted by atomic mass is 9.70. The van der Waals surface area contributed by atoms with Crippen LogP contribution in [-0.2, 0) is 10.9 Å². The highest BCUT2D eigenvalue weighted by Crippen LogP contribution is 2.46. The third-order valence-corrected chi connectivity index (χ3v) is 6.16. The molecule has 30 heavy (non-hydrogen) atoms. The van der Waals surface area contributed by atoms with Crippen molar-refractivity contribution in [1.29, 1.82) is 0 Å². The van der Waals surface area contributed by atoms with Gasteiger partial charge < -0.3 is 15.4 Å². The van der Waals surface area contributed by atoms with Gasteiger partial charge in [-0.25, -0.2) is 4.98 Å². The van der Waals surface area contributed by atoms with Gasteiger partial charge in [-0.15, -0.1) is 0 Å². The minimum absolute atomic E-state index is 0.107. The molecule has 0 radical (unpaired) electrons. The van der Waals surface area contributed by atoms with Gasteiger partial charge in [-0.2, -0.15) is 23.3 Å². The van der Waals surface area contributed by atoms with Crippen molar-refractivity contribution in [3.05, 3.63) is 23.7 Å². The summed E-state index contributed by atoms with van der Waals surface area (Å²) < 4.78 is 46.9. The van der Waals surface area contributed by atoms with Crippen molar-refractivity contribution < 1.29 is 17.9 Å². The maximum Gasteiger partial charge on any atom is 0.421 e. The van der Waals surface area contributed by atoms with E-state index in [-0.39, 0.29) is 11.8 Å². The molecular formula is C20H27F3N6O. The highest BCUT2D eigenvalue weighted by molar-refractivity contribution is 5.58. The molecule has 2 N–H and O–H groups in total. The summed E-state index contributed by atoms with van der Waals surface area (Å²) in [6, 6.07) is 0.360. The molecule has 2 aliphatic rings. The van der Waals surface area contributed by atoms with Crippen LogP contribution in [0, 0.1) is 18.8 Å². The van der Waals surface area contributed by atoms with Crippen molar-refractivity contribution in [3.63, 3.8) is 0 Å². The van der Waals surface area contributed by atoms with Crippen LogP contribution in [0.5, 0.6) is 0 Å². The SMILES string of the molecule is CCNc1nc(Nc2cnn(C3CC(C4CCOCC4)C3)c2C)ncc1C(F)(F)F. The molecule has 1 aliphatic carbocycles. The fraction of sp³-hybridized carbons (Fsp3) is 0.650. The molecule has 10 heteroatoms. The van der Waals surface area contributed by atoms with E-state index in [2.05, 4.69) is 25.7 Å². The van der Waals surface area contributed by atoms with E-state index in [1.54, 1.807) is 13.1 Å². The molecule has 2 fully saturated rings. The van der Waals surface area contributed by atoms with Crippen molar-refractivity contribution in [2.45, 2.75) is 51.7 Å². The van der Waals surface area contributed by atoms with Gasteiger partial charge in [0, 0.05) is 26.0 Å². The van der Waals surface area contributed by atoms with Crippen LogP contribution < -0.4 is 10.6 Å². The minimum atomic E-state index is -4.51. The molecule has 7 nitrogen and oxygen atoms in total. The molecular weight excluding hydrogens is 397 g/mol. The van der Waals surface area contributed by atoms with Crippen LogP contribution in [0.4, 0.5) is 30.6 Å². The number of ether oxygens (including phenoxy) is 1. The predicted octanol–water partition coefficient (Wildman–Crippen LogP) is 4.55. The summed E-state index contributed by atoms with van der Waals surface area (Å²) in [6.45, 7) is 5.72. The van der Waals surface area contributed by atoms with Crippen LogP contribution in [-0.4, -0.2) is 39.5 Å². The van der Waals surface area contributed by atoms with E-state index in [4.69, 9.17) is 4.74 Å². The molecule has 1 saturated heterocycles. The Morgan fingerprint density at radius 2 is 1.90 bits per heavy atom. The van der Waals surface area contributed by atoms with Gasteiger partial charge in [-0.3, -0.25) is 4.68 Å². The van der Waals surface area contributed by atoms with Crippen LogP contribution in [0.1, 0.15) is 49.9 Å². The standard InChI is InChI=1S/C20H27F3N6O/c1-3-24-18-16(20(21,22)23)10-25-19(28-18)27-17-11-26-29(12(17)2)15-8-14(9-15)13-4-6-30-7-5-13/h10-11,13-15H,3-9H2,1-2H3,(H2,24,25,27,28). The van der Waals surface area contributed by atoms with E-state index in [1.807, 2.05) is 11.6 Å². The van der Waals surface area contributed by atoms with Crippen LogP contribution in [0.25, 0.3) is 0 Å². The van der Waals surface area contributed by atoms with Gasteiger partial charge in [0.1, 0.15) is 11.4 Å². The van der Waals surface area contributed by atoms with E-state index in [0.717, 1.165) is 62.6 Å². The van der Waals surface area contributed by atoms with Crippen molar-refractivity contribution in [1.82, 2.24) is 19.7 Å². The molecule has 0 bridgehead atoms. The molecule has 1 saturated carbocycles. The first kappa shape index (κ1) is 20.9. The summed E-state index contributed by atoms with van der Waals surface area (Å²) in [5, 5.41) is 10.2. The van der Waals surface area contributed by atoms with E-state index in [9.17, 15) is 13.2 Å². The van der Waals surface area contributed by atoms with Gasteiger partial charge in [0.05, 0.1) is 23.6 Å². The third kappa shape index (κ3) is 4.23. The molecule has 0 spiro atoms. The average Bonchev–Trinajstić information content (AvgIpc) is 3.01. The number of nitrogens with zero attached hydrogens (tertiary/aromatic N) is 4. The van der Waals surface area contributed by atoms with Gasteiger partial charge >= 0.3 is 6.18 Å². The van der Waals surface area contributed by atoms with Gasteiger partial charge in [0.2, 0.25) is 5.95 Å². The summed E-state index contributed by atoms with van der Waals surface area (Å²) in [4.78, 5) is 7.88. The van der Waals surface area contributed by atoms with Crippen molar-refractivity contribution in [3.8, 4) is 0 Å². The summed E-state index contributed by atoms with van der Waals surface area (Å²) in [7, 11) is 0. The van der Waals surface area contributed by atoms with Crippen molar-refractivity contribution in [2.75, 3.05) is 30.4 Å². The quantitative estimate of drug-likeness (QED) is 0.708. The van der Waals surface area contributed by atoms with Gasteiger partial charge in [0.25, 0.3) is 0 Å². The fourth-order valence-electron chi connectivity index (χ4n) is 4.39. The fourth-order valence-corrected chi connectivity index (χ4v) is 4.39. The van der Waals surface area contributed by atoms with E-state index in [1.165, 1.54) is 0 Å². The molecule has 3 heterocycles. The lowest BCUT2D eigenvalue weighted by Crippen LogP contribution is -2.35. The summed E-state index contributed by atoms with van der Waals surface area (Å²) in [5.74, 6) is 1.34. The number of anilines is 3. The Kier molecular flexibility index (Phi) is 5.86. The van der Waals surface area contributed by atoms with Gasteiger partial charge in [-0.1, -0.05) is 0 Å². The topological polar surface area (TPSA) is 76.9 Å². The lowest BCUT2D eigenvalue weighted by molar-refractivity contribution is -0.137. The zero-order valence-corrected chi connectivity index (χ0v) is 17.2. The van der Waals surface area contributed by atoms with Crippen LogP contribution in [0.2, 0.25) is 0 Å². The molecule has 1 aliphatic heterocycles. The molecule has 2 aromatic heterocycles. The van der Waals surface area contributed by atoms with Crippen molar-refractivity contribution >= 4 is 17.5 Å². The average molecular weight is 424 g/mol. The summed E-state index contributed by atoms with van der Waals surface area (Å²) in [5.41, 5.74) is 0.751. The molecule has 0 atom stereocenters. The normalized spacial score (nSPS) is 22.6. The third-order valence-electron chi connectivity index (χ3n) is 6.16. The monoisotopic (exact) mass is 424 g/mol. The number of alkyl halides is 3. The van der Waals surface area contributed by atoms with Crippen LogP contribution in [0.15, 0.2) is 12.4 Å². The first-order valence-electron chi connectivity index (χ1n) is 10.4. The van der Waals surface area contributed by atoms with E-state index in [0.29, 0.717) is 18.3 Å². The highest BCUT2D eigenvalue weighted by atomic mass is 19.4. The number of hydrogen-bond acceptors (Lipinski definition) is 6. The zero-order valence-electron chi connectivity index (χ0n) is 17.2. The number of rotatable bonds is 6. The van der Waals surface area contributed by atoms with E-state index < -0.39 is 11.7 Å². The Morgan fingerprint density at radius 1 is 1.17 bits per heavy atom. The second-order valence-electron chi connectivity index (χ2n) is 8.03. The minimum Gasteiger partial charge on any atom is -0.381 e. The van der Waals surface area contributed by atoms with Gasteiger partial charge in [-0.05, 0) is 51.4 Å². The summed E-state index contributed by atoms with van der Waals surface area (Å²) in [6.07, 6.45) is 2.47. The lowest BCUT2D eigenvalue weighted by Gasteiger charge is -2.42. The van der Waals surface area contributed by atoms with Crippen LogP contribution in [0.3, 0.4) is 0 Å². The number of hydrogen-bond donors (Lipinski definition) is 2. The van der Waals surface area contributed by atoms with Crippen LogP contribution >= 0.6 is 0 Å². The molecule has 4 rings (SSSR count). The van der Waals surface area contributed by atoms with Gasteiger partial charge in [0.15, 0.2) is 0 Å². The highest BCUT2D eigenvalue weighted by Gasteiger charge is 2.38. The summed E-state index contributed by atoms with van der Waals surface area (Å²) >= 11 is 0. The van der Waals surface area contributed by atoms with E-state index >= 15 is 0 Å². The number of nitrogens with one attached hydrogen (secondary N) is 2. The Hall–Kier alpha value is -2.36. The molecule has 0 unspecified atom stereocenters.